The summed E-state index contributed by atoms with van der Waals surface area (Å²) >= 11 is 0. The molecule has 9 atom stereocenters. The van der Waals surface area contributed by atoms with Gasteiger partial charge in [-0.2, -0.15) is 0 Å². The molecular formula is C31H32FNO6. The highest BCUT2D eigenvalue weighted by Crippen LogP contribution is 2.72. The molecule has 1 aliphatic heterocycles. The number of allylic oxidation sites excluding steroid dienone is 4. The second-order valence-corrected chi connectivity index (χ2v) is 12.3. The van der Waals surface area contributed by atoms with Crippen LogP contribution in [0.15, 0.2) is 60.3 Å². The summed E-state index contributed by atoms with van der Waals surface area (Å²) in [5.41, 5.74) is -3.51. The van der Waals surface area contributed by atoms with Gasteiger partial charge in [0.05, 0.1) is 17.7 Å². The Bertz CT molecular complexity index is 1470. The largest absolute Gasteiger partial charge is 0.390 e. The van der Waals surface area contributed by atoms with Crippen molar-refractivity contribution in [1.82, 2.24) is 4.98 Å². The van der Waals surface area contributed by atoms with Crippen LogP contribution in [0.25, 0.3) is 10.9 Å². The molecule has 7 rings (SSSR count). The average molecular weight is 534 g/mol. The molecule has 5 aliphatic rings. The van der Waals surface area contributed by atoms with E-state index < -0.39 is 58.9 Å². The van der Waals surface area contributed by atoms with Crippen LogP contribution in [0.2, 0.25) is 0 Å². The van der Waals surface area contributed by atoms with Crippen LogP contribution in [0, 0.1) is 22.7 Å². The molecule has 1 aromatic heterocycles. The van der Waals surface area contributed by atoms with Crippen molar-refractivity contribution in [2.75, 3.05) is 6.61 Å². The number of ether oxygens (including phenoxy) is 2. The molecular weight excluding hydrogens is 501 g/mol. The fourth-order valence-electron chi connectivity index (χ4n) is 8.94. The van der Waals surface area contributed by atoms with Crippen molar-refractivity contribution in [2.45, 2.75) is 69.3 Å². The molecule has 39 heavy (non-hydrogen) atoms. The van der Waals surface area contributed by atoms with Gasteiger partial charge < -0.3 is 19.7 Å². The van der Waals surface area contributed by atoms with E-state index in [4.69, 9.17) is 9.47 Å². The van der Waals surface area contributed by atoms with Gasteiger partial charge in [0.2, 0.25) is 0 Å². The third-order valence-corrected chi connectivity index (χ3v) is 10.8. The maximum absolute atomic E-state index is 17.5. The number of Topliss-reactive ketones (excluding diaryl/α,β-unsaturated/α-hetero) is 1. The normalized spacial score (nSPS) is 44.4. The standard InChI is InChI=1S/C31H32FNO6/c1-28-11-9-18(35)13-17(28)7-8-21-22-14-26-31(25(37)16-34,29(22,2)15-24(36)30(21,28)32)39-27(38-26)20-10-12-33-23-6-4-3-5-19(20)23/h3-7,9-12,21-22,24,26-27,34,36H,8,13-16H2,1-2H3/t21-,22-,24-,26+,27?,28-,29-,30-,31+/m0/s1. The van der Waals surface area contributed by atoms with Crippen molar-refractivity contribution in [3.8, 4) is 0 Å². The Hall–Kier alpha value is -2.78. The van der Waals surface area contributed by atoms with Gasteiger partial charge in [0.25, 0.3) is 0 Å². The average Bonchev–Trinajstić information content (AvgIpc) is 3.42. The van der Waals surface area contributed by atoms with Crippen molar-refractivity contribution in [3.05, 3.63) is 65.9 Å². The second-order valence-electron chi connectivity index (χ2n) is 12.3. The zero-order valence-electron chi connectivity index (χ0n) is 22.0. The number of fused-ring (bicyclic) bond motifs is 8. The minimum absolute atomic E-state index is 0.0370. The van der Waals surface area contributed by atoms with Gasteiger partial charge in [0.1, 0.15) is 6.61 Å². The van der Waals surface area contributed by atoms with Crippen molar-refractivity contribution in [1.29, 1.82) is 0 Å². The Labute approximate surface area is 225 Å². The van der Waals surface area contributed by atoms with Crippen molar-refractivity contribution in [2.24, 2.45) is 22.7 Å². The third-order valence-electron chi connectivity index (χ3n) is 10.8. The number of carbonyl (C=O) groups excluding carboxylic acids is 2. The first-order chi connectivity index (χ1) is 18.6. The molecule has 2 N–H and O–H groups in total. The van der Waals surface area contributed by atoms with Crippen LogP contribution in [-0.2, 0) is 19.1 Å². The second kappa shape index (κ2) is 8.13. The monoisotopic (exact) mass is 533 g/mol. The Morgan fingerprint density at radius 3 is 2.79 bits per heavy atom. The van der Waals surface area contributed by atoms with Crippen molar-refractivity contribution in [3.63, 3.8) is 0 Å². The summed E-state index contributed by atoms with van der Waals surface area (Å²) in [5, 5.41) is 22.7. The Morgan fingerprint density at radius 2 is 2.00 bits per heavy atom. The van der Waals surface area contributed by atoms with Crippen LogP contribution in [0.3, 0.4) is 0 Å². The van der Waals surface area contributed by atoms with Gasteiger partial charge in [0.15, 0.2) is 29.1 Å². The lowest BCUT2D eigenvalue weighted by molar-refractivity contribution is -0.227. The van der Waals surface area contributed by atoms with Crippen LogP contribution in [0.1, 0.15) is 51.4 Å². The molecule has 2 heterocycles. The molecule has 1 saturated heterocycles. The fraction of sp³-hybridized carbons (Fsp3) is 0.516. The Balaban J connectivity index is 1.33. The minimum atomic E-state index is -2.03. The quantitative estimate of drug-likeness (QED) is 0.576. The summed E-state index contributed by atoms with van der Waals surface area (Å²) in [6, 6.07) is 9.39. The summed E-state index contributed by atoms with van der Waals surface area (Å²) < 4.78 is 30.6. The first kappa shape index (κ1) is 25.2. The number of halogens is 1. The highest BCUT2D eigenvalue weighted by molar-refractivity contribution is 5.94. The topological polar surface area (TPSA) is 106 Å². The van der Waals surface area contributed by atoms with E-state index in [1.165, 1.54) is 6.08 Å². The molecule has 204 valence electrons. The molecule has 0 radical (unpaired) electrons. The van der Waals surface area contributed by atoms with E-state index >= 15 is 4.39 Å². The number of ketones is 2. The van der Waals surface area contributed by atoms with E-state index in [1.54, 1.807) is 25.3 Å². The van der Waals surface area contributed by atoms with Gasteiger partial charge in [-0.1, -0.05) is 42.8 Å². The number of pyridine rings is 1. The zero-order valence-corrected chi connectivity index (χ0v) is 22.0. The van der Waals surface area contributed by atoms with Crippen LogP contribution in [0.5, 0.6) is 0 Å². The summed E-state index contributed by atoms with van der Waals surface area (Å²) in [6.45, 7) is 2.90. The predicted octanol–water partition coefficient (Wildman–Crippen LogP) is 3.93. The number of hydrogen-bond donors (Lipinski definition) is 2. The first-order valence-electron chi connectivity index (χ1n) is 13.7. The van der Waals surface area contributed by atoms with E-state index in [-0.39, 0.29) is 24.5 Å². The van der Waals surface area contributed by atoms with E-state index in [0.717, 1.165) is 16.5 Å². The van der Waals surface area contributed by atoms with Crippen LogP contribution in [0.4, 0.5) is 4.39 Å². The van der Waals surface area contributed by atoms with Gasteiger partial charge in [-0.3, -0.25) is 14.6 Å². The smallest absolute Gasteiger partial charge is 0.193 e. The van der Waals surface area contributed by atoms with Gasteiger partial charge in [0, 0.05) is 40.3 Å². The lowest BCUT2D eigenvalue weighted by Gasteiger charge is -2.62. The Kier molecular flexibility index (Phi) is 5.25. The Morgan fingerprint density at radius 1 is 1.21 bits per heavy atom. The molecule has 0 bridgehead atoms. The predicted molar refractivity (Wildman–Crippen MR) is 139 cm³/mol. The number of aliphatic hydroxyl groups is 2. The van der Waals surface area contributed by atoms with E-state index in [9.17, 15) is 19.8 Å². The maximum Gasteiger partial charge on any atom is 0.193 e. The molecule has 3 fully saturated rings. The van der Waals surface area contributed by atoms with Crippen molar-refractivity contribution >= 4 is 22.5 Å². The van der Waals surface area contributed by atoms with Crippen molar-refractivity contribution < 1.29 is 33.7 Å². The van der Waals surface area contributed by atoms with Gasteiger partial charge >= 0.3 is 0 Å². The van der Waals surface area contributed by atoms with Crippen LogP contribution in [-0.4, -0.2) is 56.8 Å². The lowest BCUT2D eigenvalue weighted by atomic mass is 9.45. The van der Waals surface area contributed by atoms with Gasteiger partial charge in [-0.25, -0.2) is 4.39 Å². The highest BCUT2D eigenvalue weighted by atomic mass is 19.1. The van der Waals surface area contributed by atoms with E-state index in [0.29, 0.717) is 18.4 Å². The number of benzene rings is 1. The molecule has 7 nitrogen and oxygen atoms in total. The molecule has 0 spiro atoms. The molecule has 1 aromatic carbocycles. The minimum Gasteiger partial charge on any atom is -0.390 e. The fourth-order valence-corrected chi connectivity index (χ4v) is 8.94. The lowest BCUT2D eigenvalue weighted by Crippen LogP contribution is -2.69. The van der Waals surface area contributed by atoms with Crippen LogP contribution >= 0.6 is 0 Å². The number of rotatable bonds is 3. The summed E-state index contributed by atoms with van der Waals surface area (Å²) in [6.07, 6.45) is 4.44. The van der Waals surface area contributed by atoms with Gasteiger partial charge in [-0.05, 0) is 50.3 Å². The molecule has 1 unspecified atom stereocenters. The van der Waals surface area contributed by atoms with E-state index in [1.807, 2.05) is 37.3 Å². The molecule has 4 aliphatic carbocycles. The summed E-state index contributed by atoms with van der Waals surface area (Å²) in [4.78, 5) is 30.2. The number of para-hydroxylation sites is 1. The molecule has 0 amide bonds. The summed E-state index contributed by atoms with van der Waals surface area (Å²) in [5.74, 6) is -1.57. The SMILES string of the molecule is C[C@]12C=CC(=O)CC1=CC[C@H]1[C@@H]3C[C@H]4OC(c5ccnc6ccccc56)O[C@@]4(C(=O)CO)[C@@]3(C)C[C@H](O)[C@@]12F. The third kappa shape index (κ3) is 2.93. The number of carbonyl (C=O) groups is 2. The van der Waals surface area contributed by atoms with Gasteiger partial charge in [-0.15, -0.1) is 0 Å². The number of aromatic nitrogens is 1. The van der Waals surface area contributed by atoms with Crippen LogP contribution < -0.4 is 0 Å². The molecule has 8 heteroatoms. The van der Waals surface area contributed by atoms with E-state index in [2.05, 4.69) is 4.98 Å². The number of nitrogens with zero attached hydrogens (tertiary/aromatic N) is 1. The molecule has 2 saturated carbocycles. The number of aliphatic hydroxyl groups excluding tert-OH is 2. The summed E-state index contributed by atoms with van der Waals surface area (Å²) in [7, 11) is 0. The number of alkyl halides is 1. The first-order valence-corrected chi connectivity index (χ1v) is 13.7. The number of hydrogen-bond acceptors (Lipinski definition) is 7. The maximum atomic E-state index is 17.5. The molecule has 2 aromatic rings. The zero-order chi connectivity index (χ0) is 27.4. The highest BCUT2D eigenvalue weighted by Gasteiger charge is 2.79.